The van der Waals surface area contributed by atoms with Gasteiger partial charge in [0.25, 0.3) is 0 Å². The molecule has 0 bridgehead atoms. The summed E-state index contributed by atoms with van der Waals surface area (Å²) in [5.74, 6) is -0.0315. The van der Waals surface area contributed by atoms with E-state index in [9.17, 15) is 4.79 Å². The quantitative estimate of drug-likeness (QED) is 0.681. The summed E-state index contributed by atoms with van der Waals surface area (Å²) in [7, 11) is 0. The molecule has 1 aliphatic heterocycles. The van der Waals surface area contributed by atoms with Crippen molar-refractivity contribution >= 4 is 5.91 Å². The minimum absolute atomic E-state index is 0.0315. The fourth-order valence-corrected chi connectivity index (χ4v) is 1.38. The number of rotatable bonds is 3. The van der Waals surface area contributed by atoms with Crippen molar-refractivity contribution in [1.29, 1.82) is 10.5 Å². The number of nitrogens with zero attached hydrogens (tertiary/aromatic N) is 2. The third-order valence-electron chi connectivity index (χ3n) is 2.11. The smallest absolute Gasteiger partial charge is 0.224 e. The molecule has 0 unspecified atom stereocenters. The number of carbonyl (C=O) groups is 1. The average Bonchev–Trinajstić information content (AvgIpc) is 2.19. The maximum Gasteiger partial charge on any atom is 0.224 e. The Balaban J connectivity index is 2.62. The lowest BCUT2D eigenvalue weighted by atomic mass is 10.0. The van der Waals surface area contributed by atoms with Crippen molar-refractivity contribution in [3.63, 3.8) is 0 Å². The standard InChI is InChI=1S/C10H11N3O/c11-6-2-1-3-9-8(7-12)4-5-10(14)13-9/h1-5H2,(H,13,14). The first-order valence-electron chi connectivity index (χ1n) is 4.57. The molecule has 0 aromatic carbocycles. The molecule has 1 heterocycles. The molecular weight excluding hydrogens is 178 g/mol. The van der Waals surface area contributed by atoms with E-state index in [0.717, 1.165) is 0 Å². The molecule has 1 aliphatic rings. The maximum atomic E-state index is 11.0. The van der Waals surface area contributed by atoms with Crippen molar-refractivity contribution in [2.75, 3.05) is 0 Å². The SMILES string of the molecule is N#CCCCC1=C(C#N)CCC(=O)N1. The van der Waals surface area contributed by atoms with Crippen molar-refractivity contribution in [2.24, 2.45) is 0 Å². The van der Waals surface area contributed by atoms with Gasteiger partial charge in [-0.25, -0.2) is 0 Å². The molecule has 0 saturated heterocycles. The van der Waals surface area contributed by atoms with Crippen molar-refractivity contribution in [3.8, 4) is 12.1 Å². The maximum absolute atomic E-state index is 11.0. The van der Waals surface area contributed by atoms with Crippen LogP contribution in [-0.2, 0) is 4.79 Å². The van der Waals surface area contributed by atoms with Gasteiger partial charge in [-0.3, -0.25) is 4.79 Å². The van der Waals surface area contributed by atoms with Gasteiger partial charge in [-0.15, -0.1) is 0 Å². The van der Waals surface area contributed by atoms with Crippen molar-refractivity contribution in [2.45, 2.75) is 32.1 Å². The summed E-state index contributed by atoms with van der Waals surface area (Å²) in [6, 6.07) is 4.12. The zero-order valence-electron chi connectivity index (χ0n) is 7.84. The Labute approximate surface area is 82.8 Å². The highest BCUT2D eigenvalue weighted by atomic mass is 16.1. The van der Waals surface area contributed by atoms with Crippen LogP contribution >= 0.6 is 0 Å². The van der Waals surface area contributed by atoms with Crippen LogP contribution in [-0.4, -0.2) is 5.91 Å². The van der Waals surface area contributed by atoms with Crippen molar-refractivity contribution < 1.29 is 4.79 Å². The molecule has 1 N–H and O–H groups in total. The molecule has 0 atom stereocenters. The minimum atomic E-state index is -0.0315. The second-order valence-electron chi connectivity index (χ2n) is 3.13. The number of hydrogen-bond acceptors (Lipinski definition) is 3. The zero-order valence-corrected chi connectivity index (χ0v) is 7.84. The normalized spacial score (nSPS) is 15.7. The molecule has 0 aromatic heterocycles. The van der Waals surface area contributed by atoms with Gasteiger partial charge in [0.1, 0.15) is 0 Å². The molecule has 1 rings (SSSR count). The van der Waals surface area contributed by atoms with Gasteiger partial charge < -0.3 is 5.32 Å². The third-order valence-corrected chi connectivity index (χ3v) is 2.11. The van der Waals surface area contributed by atoms with Crippen LogP contribution in [0.15, 0.2) is 11.3 Å². The Kier molecular flexibility index (Phi) is 3.69. The molecule has 0 aliphatic carbocycles. The molecule has 4 heteroatoms. The molecule has 0 saturated carbocycles. The Hall–Kier alpha value is -1.81. The summed E-state index contributed by atoms with van der Waals surface area (Å²) >= 11 is 0. The predicted molar refractivity (Wildman–Crippen MR) is 49.5 cm³/mol. The number of amides is 1. The van der Waals surface area contributed by atoms with Gasteiger partial charge in [0.05, 0.1) is 12.1 Å². The molecule has 4 nitrogen and oxygen atoms in total. The van der Waals surface area contributed by atoms with Crippen LogP contribution in [0, 0.1) is 22.7 Å². The highest BCUT2D eigenvalue weighted by molar-refractivity contribution is 5.80. The van der Waals surface area contributed by atoms with E-state index in [1.807, 2.05) is 6.07 Å². The van der Waals surface area contributed by atoms with E-state index in [1.54, 1.807) is 0 Å². The molecule has 0 fully saturated rings. The topological polar surface area (TPSA) is 76.7 Å². The number of nitriles is 2. The lowest BCUT2D eigenvalue weighted by Crippen LogP contribution is -2.27. The number of hydrogen-bond donors (Lipinski definition) is 1. The van der Waals surface area contributed by atoms with E-state index in [1.165, 1.54) is 0 Å². The lowest BCUT2D eigenvalue weighted by Gasteiger charge is -2.16. The molecule has 0 radical (unpaired) electrons. The fraction of sp³-hybridized carbons (Fsp3) is 0.500. The van der Waals surface area contributed by atoms with Gasteiger partial charge in [0.2, 0.25) is 5.91 Å². The Morgan fingerprint density at radius 2 is 2.14 bits per heavy atom. The Morgan fingerprint density at radius 1 is 1.36 bits per heavy atom. The molecular formula is C10H11N3O. The summed E-state index contributed by atoms with van der Waals surface area (Å²) in [6.45, 7) is 0. The van der Waals surface area contributed by atoms with E-state index >= 15 is 0 Å². The Bertz CT molecular complexity index is 343. The predicted octanol–water partition coefficient (Wildman–Crippen LogP) is 1.37. The van der Waals surface area contributed by atoms with E-state index in [2.05, 4.69) is 11.4 Å². The van der Waals surface area contributed by atoms with Gasteiger partial charge in [0, 0.05) is 24.1 Å². The zero-order chi connectivity index (χ0) is 10.4. The molecule has 72 valence electrons. The van der Waals surface area contributed by atoms with Crippen LogP contribution in [0.25, 0.3) is 0 Å². The van der Waals surface area contributed by atoms with Gasteiger partial charge in [-0.05, 0) is 19.3 Å². The van der Waals surface area contributed by atoms with E-state index in [-0.39, 0.29) is 5.91 Å². The second-order valence-corrected chi connectivity index (χ2v) is 3.13. The minimum Gasteiger partial charge on any atom is -0.329 e. The van der Waals surface area contributed by atoms with Crippen molar-refractivity contribution in [1.82, 2.24) is 5.32 Å². The number of nitrogens with one attached hydrogen (secondary N) is 1. The number of carbonyl (C=O) groups excluding carboxylic acids is 1. The van der Waals surface area contributed by atoms with Crippen LogP contribution in [0.1, 0.15) is 32.1 Å². The van der Waals surface area contributed by atoms with E-state index < -0.39 is 0 Å². The van der Waals surface area contributed by atoms with E-state index in [4.69, 9.17) is 10.5 Å². The summed E-state index contributed by atoms with van der Waals surface area (Å²) < 4.78 is 0. The summed E-state index contributed by atoms with van der Waals surface area (Å²) in [6.07, 6.45) is 2.69. The van der Waals surface area contributed by atoms with Gasteiger partial charge in [0.15, 0.2) is 0 Å². The fourth-order valence-electron chi connectivity index (χ4n) is 1.38. The van der Waals surface area contributed by atoms with E-state index in [0.29, 0.717) is 43.4 Å². The number of unbranched alkanes of at least 4 members (excludes halogenated alkanes) is 1. The van der Waals surface area contributed by atoms with Crippen LogP contribution in [0.5, 0.6) is 0 Å². The first-order chi connectivity index (χ1) is 6.77. The van der Waals surface area contributed by atoms with Crippen LogP contribution in [0.4, 0.5) is 0 Å². The van der Waals surface area contributed by atoms with Gasteiger partial charge in [-0.2, -0.15) is 10.5 Å². The van der Waals surface area contributed by atoms with Gasteiger partial charge >= 0.3 is 0 Å². The number of allylic oxidation sites excluding steroid dienone is 2. The first kappa shape index (κ1) is 10.3. The monoisotopic (exact) mass is 189 g/mol. The lowest BCUT2D eigenvalue weighted by molar-refractivity contribution is -0.120. The first-order valence-corrected chi connectivity index (χ1v) is 4.57. The second kappa shape index (κ2) is 5.04. The third kappa shape index (κ3) is 2.60. The summed E-state index contributed by atoms with van der Waals surface area (Å²) in [4.78, 5) is 11.0. The van der Waals surface area contributed by atoms with Crippen LogP contribution in [0.3, 0.4) is 0 Å². The average molecular weight is 189 g/mol. The van der Waals surface area contributed by atoms with Crippen molar-refractivity contribution in [3.05, 3.63) is 11.3 Å². The highest BCUT2D eigenvalue weighted by Gasteiger charge is 2.16. The summed E-state index contributed by atoms with van der Waals surface area (Å²) in [5, 5.41) is 19.8. The molecule has 0 spiro atoms. The molecule has 0 aromatic rings. The van der Waals surface area contributed by atoms with Gasteiger partial charge in [-0.1, -0.05) is 0 Å². The van der Waals surface area contributed by atoms with Crippen LogP contribution < -0.4 is 5.32 Å². The van der Waals surface area contributed by atoms with Crippen LogP contribution in [0.2, 0.25) is 0 Å². The molecule has 14 heavy (non-hydrogen) atoms. The Morgan fingerprint density at radius 3 is 2.79 bits per heavy atom. The largest absolute Gasteiger partial charge is 0.329 e. The highest BCUT2D eigenvalue weighted by Crippen LogP contribution is 2.18. The summed E-state index contributed by atoms with van der Waals surface area (Å²) in [5.41, 5.74) is 1.36. The molecule has 1 amide bonds.